The summed E-state index contributed by atoms with van der Waals surface area (Å²) in [4.78, 5) is 13.7. The van der Waals surface area contributed by atoms with Crippen LogP contribution in [-0.2, 0) is 0 Å². The Kier molecular flexibility index (Phi) is 3.34. The van der Waals surface area contributed by atoms with Crippen LogP contribution in [-0.4, -0.2) is 10.2 Å². The van der Waals surface area contributed by atoms with Gasteiger partial charge in [-0.25, -0.2) is 18.2 Å². The smallest absolute Gasteiger partial charge is 0.274 e. The zero-order chi connectivity index (χ0) is 10.9. The molecule has 0 saturated carbocycles. The number of nitrogens with zero attached hydrogens (tertiary/aromatic N) is 1. The third kappa shape index (κ3) is 2.16. The number of alkyl halides is 2. The summed E-state index contributed by atoms with van der Waals surface area (Å²) in [6.45, 7) is 0. The van der Waals surface area contributed by atoms with Gasteiger partial charge >= 0.3 is 0 Å². The van der Waals surface area contributed by atoms with E-state index >= 15 is 0 Å². The van der Waals surface area contributed by atoms with Crippen molar-refractivity contribution >= 4 is 28.4 Å². The van der Waals surface area contributed by atoms with Crippen molar-refractivity contribution < 1.29 is 18.0 Å². The first-order valence-corrected chi connectivity index (χ1v) is 4.03. The molecule has 0 radical (unpaired) electrons. The molecule has 0 aliphatic heterocycles. The minimum absolute atomic E-state index is 0.594. The van der Waals surface area contributed by atoms with Crippen LogP contribution in [0, 0.1) is 5.82 Å². The van der Waals surface area contributed by atoms with Gasteiger partial charge in [-0.2, -0.15) is 0 Å². The maximum Gasteiger partial charge on any atom is 0.281 e. The fourth-order valence-electron chi connectivity index (χ4n) is 0.762. The second-order valence-electron chi connectivity index (χ2n) is 2.26. The molecule has 0 atom stereocenters. The summed E-state index contributed by atoms with van der Waals surface area (Å²) in [5, 5.41) is -1.93. The number of aromatic nitrogens is 1. The van der Waals surface area contributed by atoms with E-state index in [1.807, 2.05) is 0 Å². The molecule has 0 bridgehead atoms. The van der Waals surface area contributed by atoms with E-state index in [0.717, 1.165) is 0 Å². The fraction of sp³-hybridized carbons (Fsp3) is 0.143. The van der Waals surface area contributed by atoms with Gasteiger partial charge in [0.2, 0.25) is 0 Å². The lowest BCUT2D eigenvalue weighted by molar-refractivity contribution is 0.107. The van der Waals surface area contributed by atoms with Crippen LogP contribution >= 0.6 is 23.2 Å². The van der Waals surface area contributed by atoms with Gasteiger partial charge in [0.25, 0.3) is 11.7 Å². The molecular formula is C7H2Cl2F3NO. The van der Waals surface area contributed by atoms with Gasteiger partial charge in [-0.15, -0.1) is 0 Å². The number of halogens is 5. The Morgan fingerprint density at radius 2 is 2.07 bits per heavy atom. The molecule has 1 heterocycles. The van der Waals surface area contributed by atoms with Crippen LogP contribution in [0.3, 0.4) is 0 Å². The van der Waals surface area contributed by atoms with Gasteiger partial charge in [-0.3, -0.25) is 4.79 Å². The third-order valence-corrected chi connectivity index (χ3v) is 1.91. The lowest BCUT2D eigenvalue weighted by atomic mass is 10.3. The molecule has 2 nitrogen and oxygen atoms in total. The second kappa shape index (κ2) is 4.14. The van der Waals surface area contributed by atoms with Gasteiger partial charge in [-0.05, 0) is 11.6 Å². The molecule has 0 aliphatic rings. The Morgan fingerprint density at radius 1 is 1.50 bits per heavy atom. The summed E-state index contributed by atoms with van der Waals surface area (Å²) in [5.41, 5.74) is -1.58. The van der Waals surface area contributed by atoms with Gasteiger partial charge in [0.15, 0.2) is 0 Å². The molecule has 7 heteroatoms. The van der Waals surface area contributed by atoms with E-state index in [-0.39, 0.29) is 0 Å². The van der Waals surface area contributed by atoms with E-state index in [0.29, 0.717) is 6.07 Å². The zero-order valence-electron chi connectivity index (χ0n) is 6.40. The van der Waals surface area contributed by atoms with E-state index in [1.165, 1.54) is 0 Å². The minimum Gasteiger partial charge on any atom is -0.274 e. The average molecular weight is 244 g/mol. The Morgan fingerprint density at radius 3 is 2.50 bits per heavy atom. The zero-order valence-corrected chi connectivity index (χ0v) is 7.91. The maximum absolute atomic E-state index is 12.8. The topological polar surface area (TPSA) is 30.0 Å². The number of rotatable bonds is 2. The van der Waals surface area contributed by atoms with Crippen molar-refractivity contribution in [3.05, 3.63) is 28.3 Å². The molecule has 0 aromatic carbocycles. The molecule has 1 aromatic heterocycles. The largest absolute Gasteiger partial charge is 0.281 e. The number of hydrogen-bond donors (Lipinski definition) is 0. The van der Waals surface area contributed by atoms with Crippen molar-refractivity contribution in [2.45, 2.75) is 6.43 Å². The lowest BCUT2D eigenvalue weighted by Gasteiger charge is -2.04. The molecule has 0 aliphatic carbocycles. The Balaban J connectivity index is 3.35. The van der Waals surface area contributed by atoms with Gasteiger partial charge in [0, 0.05) is 6.07 Å². The van der Waals surface area contributed by atoms with Crippen LogP contribution in [0.1, 0.15) is 22.6 Å². The van der Waals surface area contributed by atoms with Gasteiger partial charge in [0.05, 0.1) is 0 Å². The highest BCUT2D eigenvalue weighted by atomic mass is 35.5. The van der Waals surface area contributed by atoms with E-state index in [2.05, 4.69) is 4.98 Å². The average Bonchev–Trinajstić information content (AvgIpc) is 2.08. The van der Waals surface area contributed by atoms with Crippen molar-refractivity contribution in [1.82, 2.24) is 4.98 Å². The SMILES string of the molecule is O=C(Cl)c1cc(F)c(Cl)c(C(F)F)n1. The van der Waals surface area contributed by atoms with Crippen LogP contribution in [0.25, 0.3) is 0 Å². The van der Waals surface area contributed by atoms with Crippen LogP contribution in [0.5, 0.6) is 0 Å². The first-order valence-electron chi connectivity index (χ1n) is 3.27. The van der Waals surface area contributed by atoms with Crippen LogP contribution in [0.4, 0.5) is 13.2 Å². The molecule has 0 saturated heterocycles. The molecule has 0 N–H and O–H groups in total. The van der Waals surface area contributed by atoms with Gasteiger partial charge < -0.3 is 0 Å². The van der Waals surface area contributed by atoms with Crippen molar-refractivity contribution in [3.63, 3.8) is 0 Å². The third-order valence-electron chi connectivity index (χ3n) is 1.35. The maximum atomic E-state index is 12.8. The summed E-state index contributed by atoms with van der Waals surface area (Å²) in [5.74, 6) is -1.15. The van der Waals surface area contributed by atoms with E-state index in [1.54, 1.807) is 0 Å². The predicted molar refractivity (Wildman–Crippen MR) is 44.3 cm³/mol. The van der Waals surface area contributed by atoms with E-state index < -0.39 is 33.9 Å². The highest BCUT2D eigenvalue weighted by Gasteiger charge is 2.20. The van der Waals surface area contributed by atoms with Gasteiger partial charge in [0.1, 0.15) is 22.2 Å². The number of carbonyl (C=O) groups is 1. The Hall–Kier alpha value is -0.810. The molecular weight excluding hydrogens is 242 g/mol. The summed E-state index contributed by atoms with van der Waals surface area (Å²) in [6.07, 6.45) is -3.06. The van der Waals surface area contributed by atoms with Crippen LogP contribution in [0.2, 0.25) is 5.02 Å². The summed E-state index contributed by atoms with van der Waals surface area (Å²) < 4.78 is 37.2. The molecule has 76 valence electrons. The molecule has 0 amide bonds. The highest BCUT2D eigenvalue weighted by Crippen LogP contribution is 2.28. The van der Waals surface area contributed by atoms with Crippen molar-refractivity contribution in [2.75, 3.05) is 0 Å². The van der Waals surface area contributed by atoms with Crippen LogP contribution < -0.4 is 0 Å². The Labute approximate surface area is 86.6 Å². The molecule has 0 unspecified atom stereocenters. The fourth-order valence-corrected chi connectivity index (χ4v) is 1.04. The molecule has 1 rings (SSSR count). The number of hydrogen-bond acceptors (Lipinski definition) is 2. The number of carbonyl (C=O) groups excluding carboxylic acids is 1. The first kappa shape index (κ1) is 11.3. The highest BCUT2D eigenvalue weighted by molar-refractivity contribution is 6.67. The predicted octanol–water partition coefficient (Wildman–Crippen LogP) is 3.19. The van der Waals surface area contributed by atoms with E-state index in [4.69, 9.17) is 23.2 Å². The number of pyridine rings is 1. The van der Waals surface area contributed by atoms with Crippen molar-refractivity contribution in [1.29, 1.82) is 0 Å². The Bertz CT molecular complexity index is 383. The standard InChI is InChI=1S/C7H2Cl2F3NO/c8-4-2(10)1-3(6(9)14)13-5(4)7(11)12/h1,7H. The van der Waals surface area contributed by atoms with Crippen molar-refractivity contribution in [2.24, 2.45) is 0 Å². The lowest BCUT2D eigenvalue weighted by Crippen LogP contribution is -2.02. The first-order chi connectivity index (χ1) is 6.43. The summed E-state index contributed by atoms with van der Waals surface area (Å²) in [7, 11) is 0. The van der Waals surface area contributed by atoms with Crippen molar-refractivity contribution in [3.8, 4) is 0 Å². The molecule has 14 heavy (non-hydrogen) atoms. The summed E-state index contributed by atoms with van der Waals surface area (Å²) in [6, 6.07) is 0.601. The molecule has 0 fully saturated rings. The second-order valence-corrected chi connectivity index (χ2v) is 2.98. The molecule has 0 spiro atoms. The monoisotopic (exact) mass is 243 g/mol. The van der Waals surface area contributed by atoms with E-state index in [9.17, 15) is 18.0 Å². The van der Waals surface area contributed by atoms with Gasteiger partial charge in [-0.1, -0.05) is 11.6 Å². The quantitative estimate of drug-likeness (QED) is 0.747. The summed E-state index contributed by atoms with van der Waals surface area (Å²) >= 11 is 10.1. The minimum atomic E-state index is -3.06. The van der Waals surface area contributed by atoms with Crippen LogP contribution in [0.15, 0.2) is 6.07 Å². The molecule has 1 aromatic rings. The normalized spacial score (nSPS) is 10.7.